The predicted molar refractivity (Wildman–Crippen MR) is 106 cm³/mol. The molecule has 0 amide bonds. The first-order valence-corrected chi connectivity index (χ1v) is 9.82. The molecule has 1 heterocycles. The van der Waals surface area contributed by atoms with Crippen molar-refractivity contribution in [3.05, 3.63) is 60.4 Å². The molecule has 0 aliphatic heterocycles. The standard InChI is InChI=1S/C20H22FN3O3S/c1-26-12-11-24-19(15-5-3-2-4-6-15)22-23-20(24)28-14-17(25)13-27-18-9-7-16(21)8-10-18/h2-10,17,25H,11-14H2,1H3/t17-/m1/s1. The minimum atomic E-state index is -0.706. The molecule has 28 heavy (non-hydrogen) atoms. The van der Waals surface area contributed by atoms with Crippen molar-refractivity contribution in [1.29, 1.82) is 0 Å². The Kier molecular flexibility index (Phi) is 7.41. The van der Waals surface area contributed by atoms with Crippen LogP contribution in [0.25, 0.3) is 11.4 Å². The molecule has 0 radical (unpaired) electrons. The number of aromatic nitrogens is 3. The summed E-state index contributed by atoms with van der Waals surface area (Å²) in [5, 5.41) is 19.5. The number of nitrogens with zero attached hydrogens (tertiary/aromatic N) is 3. The van der Waals surface area contributed by atoms with E-state index in [0.29, 0.717) is 29.8 Å². The van der Waals surface area contributed by atoms with Gasteiger partial charge in [-0.2, -0.15) is 0 Å². The molecule has 0 aliphatic carbocycles. The van der Waals surface area contributed by atoms with Crippen LogP contribution in [0.3, 0.4) is 0 Å². The predicted octanol–water partition coefficient (Wildman–Crippen LogP) is 3.26. The lowest BCUT2D eigenvalue weighted by atomic mass is 10.2. The highest BCUT2D eigenvalue weighted by Gasteiger charge is 2.16. The topological polar surface area (TPSA) is 69.4 Å². The zero-order chi connectivity index (χ0) is 19.8. The quantitative estimate of drug-likeness (QED) is 0.524. The number of rotatable bonds is 10. The molecule has 3 aromatic rings. The molecule has 1 atom stereocenters. The number of benzene rings is 2. The van der Waals surface area contributed by atoms with Gasteiger partial charge in [0.05, 0.1) is 19.3 Å². The Morgan fingerprint density at radius 3 is 2.57 bits per heavy atom. The summed E-state index contributed by atoms with van der Waals surface area (Å²) in [6, 6.07) is 15.5. The second-order valence-electron chi connectivity index (χ2n) is 6.05. The SMILES string of the molecule is COCCn1c(SC[C@H](O)COc2ccc(F)cc2)nnc1-c1ccccc1. The molecule has 6 nitrogen and oxygen atoms in total. The smallest absolute Gasteiger partial charge is 0.191 e. The molecule has 0 spiro atoms. The summed E-state index contributed by atoms with van der Waals surface area (Å²) in [6.45, 7) is 1.25. The number of hydrogen-bond donors (Lipinski definition) is 1. The Morgan fingerprint density at radius 2 is 1.86 bits per heavy atom. The van der Waals surface area contributed by atoms with Gasteiger partial charge in [-0.05, 0) is 24.3 Å². The number of aliphatic hydroxyl groups excluding tert-OH is 1. The van der Waals surface area contributed by atoms with Crippen LogP contribution < -0.4 is 4.74 Å². The van der Waals surface area contributed by atoms with Crippen molar-refractivity contribution in [2.45, 2.75) is 17.8 Å². The van der Waals surface area contributed by atoms with E-state index in [0.717, 1.165) is 11.4 Å². The molecule has 0 unspecified atom stereocenters. The first-order chi connectivity index (χ1) is 13.7. The van der Waals surface area contributed by atoms with E-state index in [9.17, 15) is 9.50 Å². The molecule has 3 rings (SSSR count). The molecular weight excluding hydrogens is 381 g/mol. The molecule has 0 fully saturated rings. The summed E-state index contributed by atoms with van der Waals surface area (Å²) in [5.41, 5.74) is 0.971. The molecule has 8 heteroatoms. The zero-order valence-electron chi connectivity index (χ0n) is 15.5. The van der Waals surface area contributed by atoms with Crippen LogP contribution in [0.4, 0.5) is 4.39 Å². The number of halogens is 1. The maximum atomic E-state index is 12.9. The van der Waals surface area contributed by atoms with Crippen molar-refractivity contribution in [1.82, 2.24) is 14.8 Å². The maximum absolute atomic E-state index is 12.9. The summed E-state index contributed by atoms with van der Waals surface area (Å²) in [6.07, 6.45) is -0.706. The van der Waals surface area contributed by atoms with Gasteiger partial charge in [-0.15, -0.1) is 10.2 Å². The van der Waals surface area contributed by atoms with Crippen molar-refractivity contribution in [3.63, 3.8) is 0 Å². The molecule has 0 saturated carbocycles. The van der Waals surface area contributed by atoms with E-state index in [1.54, 1.807) is 7.11 Å². The van der Waals surface area contributed by atoms with E-state index < -0.39 is 6.10 Å². The molecule has 0 saturated heterocycles. The van der Waals surface area contributed by atoms with Gasteiger partial charge in [-0.3, -0.25) is 4.57 Å². The molecule has 1 N–H and O–H groups in total. The third-order valence-corrected chi connectivity index (χ3v) is 5.04. The highest BCUT2D eigenvalue weighted by atomic mass is 32.2. The van der Waals surface area contributed by atoms with E-state index in [1.807, 2.05) is 34.9 Å². The van der Waals surface area contributed by atoms with Crippen LogP contribution in [-0.2, 0) is 11.3 Å². The number of thioether (sulfide) groups is 1. The van der Waals surface area contributed by atoms with Gasteiger partial charge >= 0.3 is 0 Å². The largest absolute Gasteiger partial charge is 0.491 e. The van der Waals surface area contributed by atoms with Crippen molar-refractivity contribution >= 4 is 11.8 Å². The van der Waals surface area contributed by atoms with Crippen LogP contribution in [0.2, 0.25) is 0 Å². The highest BCUT2D eigenvalue weighted by Crippen LogP contribution is 2.24. The fourth-order valence-electron chi connectivity index (χ4n) is 2.52. The van der Waals surface area contributed by atoms with Crippen LogP contribution in [0.15, 0.2) is 59.8 Å². The third-order valence-electron chi connectivity index (χ3n) is 3.93. The van der Waals surface area contributed by atoms with Gasteiger partial charge in [-0.1, -0.05) is 42.1 Å². The summed E-state index contributed by atoms with van der Waals surface area (Å²) in [4.78, 5) is 0. The second-order valence-corrected chi connectivity index (χ2v) is 7.03. The van der Waals surface area contributed by atoms with Gasteiger partial charge < -0.3 is 14.6 Å². The summed E-state index contributed by atoms with van der Waals surface area (Å²) in [7, 11) is 1.65. The van der Waals surface area contributed by atoms with Gasteiger partial charge in [0.15, 0.2) is 11.0 Å². The van der Waals surface area contributed by atoms with Crippen LogP contribution in [0.5, 0.6) is 5.75 Å². The van der Waals surface area contributed by atoms with Crippen LogP contribution in [-0.4, -0.2) is 52.1 Å². The minimum absolute atomic E-state index is 0.108. The maximum Gasteiger partial charge on any atom is 0.191 e. The fraction of sp³-hybridized carbons (Fsp3) is 0.300. The monoisotopic (exact) mass is 403 g/mol. The van der Waals surface area contributed by atoms with Crippen LogP contribution >= 0.6 is 11.8 Å². The number of hydrogen-bond acceptors (Lipinski definition) is 6. The lowest BCUT2D eigenvalue weighted by Gasteiger charge is -2.13. The minimum Gasteiger partial charge on any atom is -0.491 e. The Hall–Kier alpha value is -2.42. The van der Waals surface area contributed by atoms with Crippen molar-refractivity contribution in [3.8, 4) is 17.1 Å². The molecule has 0 aliphatic rings. The van der Waals surface area contributed by atoms with E-state index >= 15 is 0 Å². The average Bonchev–Trinajstić information content (AvgIpc) is 3.13. The summed E-state index contributed by atoms with van der Waals surface area (Å²) < 4.78 is 25.6. The Labute approximate surface area is 167 Å². The summed E-state index contributed by atoms with van der Waals surface area (Å²) in [5.74, 6) is 1.34. The lowest BCUT2D eigenvalue weighted by molar-refractivity contribution is 0.126. The third kappa shape index (κ3) is 5.54. The van der Waals surface area contributed by atoms with Crippen molar-refractivity contribution in [2.24, 2.45) is 0 Å². The van der Waals surface area contributed by atoms with E-state index in [2.05, 4.69) is 10.2 Å². The van der Waals surface area contributed by atoms with Gasteiger partial charge in [0.2, 0.25) is 0 Å². The second kappa shape index (κ2) is 10.2. The fourth-order valence-corrected chi connectivity index (χ4v) is 3.39. The average molecular weight is 403 g/mol. The summed E-state index contributed by atoms with van der Waals surface area (Å²) >= 11 is 1.40. The molecule has 2 aromatic carbocycles. The number of ether oxygens (including phenoxy) is 2. The Bertz CT molecular complexity index is 859. The van der Waals surface area contributed by atoms with E-state index in [1.165, 1.54) is 36.0 Å². The van der Waals surface area contributed by atoms with Crippen LogP contribution in [0.1, 0.15) is 0 Å². The van der Waals surface area contributed by atoms with E-state index in [-0.39, 0.29) is 12.4 Å². The molecular formula is C20H22FN3O3S. The highest BCUT2D eigenvalue weighted by molar-refractivity contribution is 7.99. The first kappa shape index (κ1) is 20.3. The van der Waals surface area contributed by atoms with Gasteiger partial charge in [0.1, 0.15) is 18.2 Å². The normalized spacial score (nSPS) is 12.1. The van der Waals surface area contributed by atoms with Gasteiger partial charge in [0, 0.05) is 18.4 Å². The van der Waals surface area contributed by atoms with Crippen molar-refractivity contribution < 1.29 is 19.0 Å². The molecule has 148 valence electrons. The lowest BCUT2D eigenvalue weighted by Crippen LogP contribution is -2.20. The van der Waals surface area contributed by atoms with Crippen molar-refractivity contribution in [2.75, 3.05) is 26.1 Å². The Balaban J connectivity index is 1.61. The first-order valence-electron chi connectivity index (χ1n) is 8.84. The number of methoxy groups -OCH3 is 1. The molecule has 0 bridgehead atoms. The van der Waals surface area contributed by atoms with Crippen LogP contribution in [0, 0.1) is 5.82 Å². The zero-order valence-corrected chi connectivity index (χ0v) is 16.3. The van der Waals surface area contributed by atoms with Gasteiger partial charge in [-0.25, -0.2) is 4.39 Å². The Morgan fingerprint density at radius 1 is 1.11 bits per heavy atom. The van der Waals surface area contributed by atoms with Gasteiger partial charge in [0.25, 0.3) is 0 Å². The van der Waals surface area contributed by atoms with E-state index in [4.69, 9.17) is 9.47 Å². The molecule has 1 aromatic heterocycles. The number of aliphatic hydroxyl groups is 1.